The third-order valence-corrected chi connectivity index (χ3v) is 3.38. The van der Waals surface area contributed by atoms with Gasteiger partial charge in [0, 0.05) is 12.1 Å². The molecule has 1 atom stereocenters. The number of amides is 1. The van der Waals surface area contributed by atoms with Crippen LogP contribution in [0.1, 0.15) is 24.8 Å². The van der Waals surface area contributed by atoms with Crippen molar-refractivity contribution < 1.29 is 14.3 Å². The van der Waals surface area contributed by atoms with E-state index in [0.717, 1.165) is 11.3 Å². The van der Waals surface area contributed by atoms with Gasteiger partial charge in [-0.3, -0.25) is 4.79 Å². The number of rotatable bonds is 2. The maximum atomic E-state index is 11.9. The SMILES string of the molecule is CC1(CC2C(=O)Nc3ccccc32)OCCO1. The van der Waals surface area contributed by atoms with Crippen molar-refractivity contribution in [1.82, 2.24) is 0 Å². The predicted octanol–water partition coefficient (Wildman–Crippen LogP) is 1.88. The molecule has 0 radical (unpaired) electrons. The normalized spacial score (nSPS) is 25.7. The first kappa shape index (κ1) is 10.7. The molecule has 1 aromatic rings. The molecular formula is C13H15NO3. The zero-order valence-electron chi connectivity index (χ0n) is 9.73. The minimum atomic E-state index is -0.626. The lowest BCUT2D eigenvalue weighted by Gasteiger charge is -2.24. The third-order valence-electron chi connectivity index (χ3n) is 3.38. The van der Waals surface area contributed by atoms with Crippen molar-refractivity contribution in [3.8, 4) is 0 Å². The Morgan fingerprint density at radius 1 is 1.35 bits per heavy atom. The largest absolute Gasteiger partial charge is 0.348 e. The van der Waals surface area contributed by atoms with Gasteiger partial charge in [-0.15, -0.1) is 0 Å². The number of hydrogen-bond acceptors (Lipinski definition) is 3. The number of hydrogen-bond donors (Lipinski definition) is 1. The van der Waals surface area contributed by atoms with Gasteiger partial charge in [0.1, 0.15) is 0 Å². The minimum Gasteiger partial charge on any atom is -0.348 e. The fourth-order valence-electron chi connectivity index (χ4n) is 2.52. The van der Waals surface area contributed by atoms with Crippen LogP contribution in [0.15, 0.2) is 24.3 Å². The zero-order chi connectivity index (χ0) is 11.9. The Labute approximate surface area is 99.9 Å². The van der Waals surface area contributed by atoms with Crippen molar-refractivity contribution >= 4 is 11.6 Å². The quantitative estimate of drug-likeness (QED) is 0.848. The number of nitrogens with one attached hydrogen (secondary N) is 1. The molecule has 2 heterocycles. The van der Waals surface area contributed by atoms with Crippen molar-refractivity contribution in [2.75, 3.05) is 18.5 Å². The number of carbonyl (C=O) groups excluding carboxylic acids is 1. The van der Waals surface area contributed by atoms with Gasteiger partial charge in [0.25, 0.3) is 0 Å². The van der Waals surface area contributed by atoms with Gasteiger partial charge in [-0.25, -0.2) is 0 Å². The first-order valence-electron chi connectivity index (χ1n) is 5.86. The van der Waals surface area contributed by atoms with Crippen LogP contribution in [0.3, 0.4) is 0 Å². The molecule has 1 aromatic carbocycles. The molecular weight excluding hydrogens is 218 g/mol. The van der Waals surface area contributed by atoms with Crippen molar-refractivity contribution in [3.05, 3.63) is 29.8 Å². The summed E-state index contributed by atoms with van der Waals surface area (Å²) >= 11 is 0. The molecule has 2 aliphatic rings. The molecule has 4 nitrogen and oxygen atoms in total. The van der Waals surface area contributed by atoms with Gasteiger partial charge in [0.15, 0.2) is 5.79 Å². The fraction of sp³-hybridized carbons (Fsp3) is 0.462. The highest BCUT2D eigenvalue weighted by Gasteiger charge is 2.40. The molecule has 1 unspecified atom stereocenters. The average molecular weight is 233 g/mol. The number of para-hydroxylation sites is 1. The summed E-state index contributed by atoms with van der Waals surface area (Å²) in [5.41, 5.74) is 1.95. The van der Waals surface area contributed by atoms with Crippen LogP contribution in [-0.4, -0.2) is 24.9 Å². The highest BCUT2D eigenvalue weighted by Crippen LogP contribution is 2.39. The van der Waals surface area contributed by atoms with Crippen molar-refractivity contribution in [1.29, 1.82) is 0 Å². The van der Waals surface area contributed by atoms with E-state index >= 15 is 0 Å². The van der Waals surface area contributed by atoms with Gasteiger partial charge in [-0.1, -0.05) is 18.2 Å². The van der Waals surface area contributed by atoms with Gasteiger partial charge < -0.3 is 14.8 Å². The molecule has 3 rings (SSSR count). The number of anilines is 1. The Morgan fingerprint density at radius 3 is 2.82 bits per heavy atom. The van der Waals surface area contributed by atoms with Crippen LogP contribution in [0.4, 0.5) is 5.69 Å². The van der Waals surface area contributed by atoms with Crippen LogP contribution in [0, 0.1) is 0 Å². The summed E-state index contributed by atoms with van der Waals surface area (Å²) in [6.07, 6.45) is 0.565. The van der Waals surface area contributed by atoms with E-state index in [9.17, 15) is 4.79 Å². The van der Waals surface area contributed by atoms with Crippen LogP contribution in [0.2, 0.25) is 0 Å². The molecule has 1 fully saturated rings. The van der Waals surface area contributed by atoms with E-state index in [2.05, 4.69) is 5.32 Å². The maximum Gasteiger partial charge on any atom is 0.232 e. The molecule has 0 saturated carbocycles. The molecule has 0 bridgehead atoms. The summed E-state index contributed by atoms with van der Waals surface area (Å²) in [6.45, 7) is 3.10. The summed E-state index contributed by atoms with van der Waals surface area (Å²) in [5, 5.41) is 2.89. The molecule has 1 amide bonds. The van der Waals surface area contributed by atoms with Crippen LogP contribution in [0.25, 0.3) is 0 Å². The number of carbonyl (C=O) groups is 1. The molecule has 1 saturated heterocycles. The summed E-state index contributed by atoms with van der Waals surface area (Å²) in [7, 11) is 0. The number of fused-ring (bicyclic) bond motifs is 1. The third kappa shape index (κ3) is 1.83. The van der Waals surface area contributed by atoms with Gasteiger partial charge in [0.2, 0.25) is 5.91 Å². The Balaban J connectivity index is 1.86. The van der Waals surface area contributed by atoms with Crippen molar-refractivity contribution in [3.63, 3.8) is 0 Å². The van der Waals surface area contributed by atoms with Crippen molar-refractivity contribution in [2.45, 2.75) is 25.0 Å². The van der Waals surface area contributed by atoms with Crippen LogP contribution in [-0.2, 0) is 14.3 Å². The lowest BCUT2D eigenvalue weighted by molar-refractivity contribution is -0.153. The van der Waals surface area contributed by atoms with E-state index in [1.54, 1.807) is 0 Å². The molecule has 2 aliphatic heterocycles. The summed E-state index contributed by atoms with van der Waals surface area (Å²) < 4.78 is 11.1. The van der Waals surface area contributed by atoms with E-state index in [-0.39, 0.29) is 11.8 Å². The monoisotopic (exact) mass is 233 g/mol. The van der Waals surface area contributed by atoms with Crippen LogP contribution >= 0.6 is 0 Å². The minimum absolute atomic E-state index is 0.0338. The van der Waals surface area contributed by atoms with Gasteiger partial charge >= 0.3 is 0 Å². The van der Waals surface area contributed by atoms with E-state index in [1.807, 2.05) is 31.2 Å². The average Bonchev–Trinajstić information content (AvgIpc) is 2.86. The Morgan fingerprint density at radius 2 is 2.06 bits per heavy atom. The second-order valence-electron chi connectivity index (χ2n) is 4.66. The molecule has 0 spiro atoms. The van der Waals surface area contributed by atoms with Gasteiger partial charge in [0.05, 0.1) is 19.1 Å². The highest BCUT2D eigenvalue weighted by molar-refractivity contribution is 6.02. The van der Waals surface area contributed by atoms with E-state index in [1.165, 1.54) is 0 Å². The second kappa shape index (κ2) is 3.82. The lowest BCUT2D eigenvalue weighted by atomic mass is 9.93. The molecule has 4 heteroatoms. The Kier molecular flexibility index (Phi) is 2.42. The van der Waals surface area contributed by atoms with E-state index in [0.29, 0.717) is 19.6 Å². The maximum absolute atomic E-state index is 11.9. The molecule has 0 aromatic heterocycles. The van der Waals surface area contributed by atoms with Gasteiger partial charge in [-0.2, -0.15) is 0 Å². The highest BCUT2D eigenvalue weighted by atomic mass is 16.7. The van der Waals surface area contributed by atoms with E-state index in [4.69, 9.17) is 9.47 Å². The second-order valence-corrected chi connectivity index (χ2v) is 4.66. The zero-order valence-corrected chi connectivity index (χ0v) is 9.73. The Bertz CT molecular complexity index is 452. The van der Waals surface area contributed by atoms with Gasteiger partial charge in [-0.05, 0) is 18.6 Å². The predicted molar refractivity (Wildman–Crippen MR) is 62.7 cm³/mol. The smallest absolute Gasteiger partial charge is 0.232 e. The molecule has 0 aliphatic carbocycles. The van der Waals surface area contributed by atoms with Crippen LogP contribution in [0.5, 0.6) is 0 Å². The number of ether oxygens (including phenoxy) is 2. The van der Waals surface area contributed by atoms with E-state index < -0.39 is 5.79 Å². The number of benzene rings is 1. The fourth-order valence-corrected chi connectivity index (χ4v) is 2.52. The lowest BCUT2D eigenvalue weighted by Crippen LogP contribution is -2.30. The van der Waals surface area contributed by atoms with Crippen LogP contribution < -0.4 is 5.32 Å². The van der Waals surface area contributed by atoms with Crippen molar-refractivity contribution in [2.24, 2.45) is 0 Å². The standard InChI is InChI=1S/C13H15NO3/c1-13(16-6-7-17-13)8-10-9-4-2-3-5-11(9)14-12(10)15/h2-5,10H,6-8H2,1H3,(H,14,15). The topological polar surface area (TPSA) is 47.6 Å². The first-order chi connectivity index (χ1) is 8.18. The molecule has 17 heavy (non-hydrogen) atoms. The first-order valence-corrected chi connectivity index (χ1v) is 5.86. The molecule has 1 N–H and O–H groups in total. The molecule has 90 valence electrons. The summed E-state index contributed by atoms with van der Waals surface area (Å²) in [6, 6.07) is 7.78. The summed E-state index contributed by atoms with van der Waals surface area (Å²) in [5.74, 6) is -0.764. The summed E-state index contributed by atoms with van der Waals surface area (Å²) in [4.78, 5) is 11.9. The Hall–Kier alpha value is -1.39.